The zero-order chi connectivity index (χ0) is 18.1. The third-order valence-corrected chi connectivity index (χ3v) is 5.71. The van der Waals surface area contributed by atoms with Gasteiger partial charge in [0.05, 0.1) is 0 Å². The molecule has 2 aromatic heterocycles. The summed E-state index contributed by atoms with van der Waals surface area (Å²) in [5.74, 6) is -0.220. The second-order valence-corrected chi connectivity index (χ2v) is 7.36. The van der Waals surface area contributed by atoms with Crippen LogP contribution in [0.15, 0.2) is 46.7 Å². The molecule has 1 fully saturated rings. The molecule has 3 aromatic rings. The summed E-state index contributed by atoms with van der Waals surface area (Å²) in [5.41, 5.74) is 1.96. The predicted octanol–water partition coefficient (Wildman–Crippen LogP) is 2.02. The van der Waals surface area contributed by atoms with E-state index >= 15 is 0 Å². The van der Waals surface area contributed by atoms with Crippen molar-refractivity contribution in [3.63, 3.8) is 0 Å². The van der Waals surface area contributed by atoms with Gasteiger partial charge in [0.25, 0.3) is 11.5 Å². The molecule has 0 N–H and O–H groups in total. The van der Waals surface area contributed by atoms with Gasteiger partial charge in [-0.25, -0.2) is 4.98 Å². The molecule has 0 spiro atoms. The minimum absolute atomic E-state index is 0.153. The number of benzene rings is 1. The summed E-state index contributed by atoms with van der Waals surface area (Å²) < 4.78 is 1.52. The summed E-state index contributed by atoms with van der Waals surface area (Å²) in [6.45, 7) is 5.58. The molecule has 0 unspecified atom stereocenters. The largest absolute Gasteiger partial charge is 0.336 e. The summed E-state index contributed by atoms with van der Waals surface area (Å²) in [7, 11) is 0. The lowest BCUT2D eigenvalue weighted by Crippen LogP contribution is -2.49. The van der Waals surface area contributed by atoms with Gasteiger partial charge in [-0.05, 0) is 12.5 Å². The summed E-state index contributed by atoms with van der Waals surface area (Å²) in [4.78, 5) is 34.5. The normalized spacial score (nSPS) is 15.5. The zero-order valence-corrected chi connectivity index (χ0v) is 15.4. The maximum absolute atomic E-state index is 12.8. The van der Waals surface area contributed by atoms with E-state index in [4.69, 9.17) is 0 Å². The minimum atomic E-state index is -0.273. The van der Waals surface area contributed by atoms with Gasteiger partial charge >= 0.3 is 0 Å². The van der Waals surface area contributed by atoms with Gasteiger partial charge in [0.15, 0.2) is 4.96 Å². The van der Waals surface area contributed by atoms with Crippen molar-refractivity contribution in [1.29, 1.82) is 0 Å². The van der Waals surface area contributed by atoms with Crippen molar-refractivity contribution in [2.45, 2.75) is 13.5 Å². The molecule has 0 aliphatic carbocycles. The van der Waals surface area contributed by atoms with Crippen molar-refractivity contribution in [2.75, 3.05) is 26.2 Å². The molecule has 1 aliphatic heterocycles. The van der Waals surface area contributed by atoms with Gasteiger partial charge in [0, 0.05) is 50.0 Å². The van der Waals surface area contributed by atoms with Gasteiger partial charge in [0.1, 0.15) is 5.56 Å². The van der Waals surface area contributed by atoms with Crippen molar-refractivity contribution in [3.8, 4) is 0 Å². The monoisotopic (exact) mass is 368 g/mol. The Kier molecular flexibility index (Phi) is 4.57. The molecule has 4 rings (SSSR count). The second-order valence-electron chi connectivity index (χ2n) is 6.53. The van der Waals surface area contributed by atoms with Crippen LogP contribution in [0.2, 0.25) is 0 Å². The van der Waals surface area contributed by atoms with Crippen LogP contribution in [0.3, 0.4) is 0 Å². The average molecular weight is 368 g/mol. The van der Waals surface area contributed by atoms with E-state index in [2.05, 4.69) is 22.0 Å². The lowest BCUT2D eigenvalue weighted by Gasteiger charge is -2.34. The van der Waals surface area contributed by atoms with Crippen LogP contribution in [0, 0.1) is 6.92 Å². The molecule has 1 aliphatic rings. The zero-order valence-electron chi connectivity index (χ0n) is 14.6. The van der Waals surface area contributed by atoms with E-state index in [1.807, 2.05) is 30.5 Å². The van der Waals surface area contributed by atoms with Crippen molar-refractivity contribution < 1.29 is 4.79 Å². The smallest absolute Gasteiger partial charge is 0.271 e. The number of piperazine rings is 1. The van der Waals surface area contributed by atoms with Gasteiger partial charge < -0.3 is 4.90 Å². The number of thiazole rings is 1. The molecule has 1 aromatic carbocycles. The minimum Gasteiger partial charge on any atom is -0.336 e. The van der Waals surface area contributed by atoms with Gasteiger partial charge in [-0.3, -0.25) is 18.9 Å². The Hall–Kier alpha value is -2.51. The summed E-state index contributed by atoms with van der Waals surface area (Å²) in [6, 6.07) is 10.3. The fraction of sp³-hybridized carbons (Fsp3) is 0.316. The number of rotatable bonds is 3. The van der Waals surface area contributed by atoms with Gasteiger partial charge in [-0.2, -0.15) is 0 Å². The Labute approximate surface area is 155 Å². The highest BCUT2D eigenvalue weighted by atomic mass is 32.1. The van der Waals surface area contributed by atoms with Crippen LogP contribution < -0.4 is 5.56 Å². The highest BCUT2D eigenvalue weighted by Crippen LogP contribution is 2.13. The first-order chi connectivity index (χ1) is 12.6. The standard InChI is InChI=1S/C19H20N4O2S/c1-14-13-26-19-20-11-16(18(25)23(14)19)17(24)22-9-7-21(8-10-22)12-15-5-3-2-4-6-15/h2-6,11,13H,7-10,12H2,1H3. The van der Waals surface area contributed by atoms with Crippen LogP contribution in [0.4, 0.5) is 0 Å². The number of amides is 1. The van der Waals surface area contributed by atoms with Gasteiger partial charge in [0.2, 0.25) is 0 Å². The van der Waals surface area contributed by atoms with Crippen LogP contribution in [0.5, 0.6) is 0 Å². The number of fused-ring (bicyclic) bond motifs is 1. The van der Waals surface area contributed by atoms with Crippen LogP contribution in [-0.4, -0.2) is 51.3 Å². The van der Waals surface area contributed by atoms with Crippen molar-refractivity contribution >= 4 is 22.2 Å². The number of hydrogen-bond acceptors (Lipinski definition) is 5. The molecular weight excluding hydrogens is 348 g/mol. The molecule has 6 nitrogen and oxygen atoms in total. The Balaban J connectivity index is 1.46. The Morgan fingerprint density at radius 3 is 2.62 bits per heavy atom. The topological polar surface area (TPSA) is 57.9 Å². The van der Waals surface area contributed by atoms with E-state index < -0.39 is 0 Å². The van der Waals surface area contributed by atoms with E-state index in [1.54, 1.807) is 4.90 Å². The first kappa shape index (κ1) is 16.9. The van der Waals surface area contributed by atoms with Crippen LogP contribution in [0.1, 0.15) is 21.6 Å². The first-order valence-electron chi connectivity index (χ1n) is 8.65. The highest BCUT2D eigenvalue weighted by molar-refractivity contribution is 7.15. The molecule has 0 radical (unpaired) electrons. The lowest BCUT2D eigenvalue weighted by molar-refractivity contribution is 0.0626. The van der Waals surface area contributed by atoms with Crippen molar-refractivity contribution in [3.05, 3.63) is 69.1 Å². The molecular formula is C19H20N4O2S. The number of aryl methyl sites for hydroxylation is 1. The highest BCUT2D eigenvalue weighted by Gasteiger charge is 2.25. The van der Waals surface area contributed by atoms with Gasteiger partial charge in [-0.15, -0.1) is 11.3 Å². The molecule has 3 heterocycles. The molecule has 134 valence electrons. The molecule has 7 heteroatoms. The van der Waals surface area contributed by atoms with Gasteiger partial charge in [-0.1, -0.05) is 30.3 Å². The first-order valence-corrected chi connectivity index (χ1v) is 9.53. The molecule has 1 saturated heterocycles. The molecule has 0 saturated carbocycles. The summed E-state index contributed by atoms with van der Waals surface area (Å²) in [5, 5.41) is 1.88. The Bertz CT molecular complexity index is 988. The number of hydrogen-bond donors (Lipinski definition) is 0. The number of carbonyl (C=O) groups is 1. The lowest BCUT2D eigenvalue weighted by atomic mass is 10.2. The Morgan fingerprint density at radius 2 is 1.88 bits per heavy atom. The molecule has 0 atom stereocenters. The van der Waals surface area contributed by atoms with E-state index in [9.17, 15) is 9.59 Å². The maximum atomic E-state index is 12.8. The fourth-order valence-electron chi connectivity index (χ4n) is 3.29. The van der Waals surface area contributed by atoms with E-state index in [0.29, 0.717) is 18.1 Å². The second kappa shape index (κ2) is 7.01. The van der Waals surface area contributed by atoms with Crippen molar-refractivity contribution in [2.24, 2.45) is 0 Å². The SMILES string of the molecule is Cc1csc2ncc(C(=O)N3CCN(Cc4ccccc4)CC3)c(=O)n12. The molecule has 1 amide bonds. The van der Waals surface area contributed by atoms with Crippen molar-refractivity contribution in [1.82, 2.24) is 19.2 Å². The third kappa shape index (κ3) is 3.15. The van der Waals surface area contributed by atoms with E-state index in [-0.39, 0.29) is 17.0 Å². The fourth-order valence-corrected chi connectivity index (χ4v) is 4.12. The summed E-state index contributed by atoms with van der Waals surface area (Å²) >= 11 is 1.41. The van der Waals surface area contributed by atoms with Crippen LogP contribution in [0.25, 0.3) is 4.96 Å². The summed E-state index contributed by atoms with van der Waals surface area (Å²) in [6.07, 6.45) is 1.42. The number of carbonyl (C=O) groups excluding carboxylic acids is 1. The van der Waals surface area contributed by atoms with E-state index in [1.165, 1.54) is 27.5 Å². The number of aromatic nitrogens is 2. The Morgan fingerprint density at radius 1 is 1.15 bits per heavy atom. The quantitative estimate of drug-likeness (QED) is 0.710. The third-order valence-electron chi connectivity index (χ3n) is 4.76. The maximum Gasteiger partial charge on any atom is 0.271 e. The predicted molar refractivity (Wildman–Crippen MR) is 102 cm³/mol. The number of nitrogens with zero attached hydrogens (tertiary/aromatic N) is 4. The van der Waals surface area contributed by atoms with E-state index in [0.717, 1.165) is 25.3 Å². The molecule has 26 heavy (non-hydrogen) atoms. The molecule has 0 bridgehead atoms. The average Bonchev–Trinajstić information content (AvgIpc) is 3.05. The van der Waals surface area contributed by atoms with Crippen LogP contribution >= 0.6 is 11.3 Å². The van der Waals surface area contributed by atoms with Crippen LogP contribution in [-0.2, 0) is 6.54 Å².